The maximum atomic E-state index is 12.2. The second kappa shape index (κ2) is 7.34. The number of hydrogen-bond acceptors (Lipinski definition) is 3. The van der Waals surface area contributed by atoms with Gasteiger partial charge in [-0.1, -0.05) is 25.0 Å². The van der Waals surface area contributed by atoms with E-state index in [1.54, 1.807) is 11.8 Å². The molecular formula is C15H23ClN2OS. The molecule has 5 heteroatoms. The van der Waals surface area contributed by atoms with E-state index in [2.05, 4.69) is 36.7 Å². The zero-order valence-electron chi connectivity index (χ0n) is 12.1. The van der Waals surface area contributed by atoms with Gasteiger partial charge in [0.15, 0.2) is 0 Å². The van der Waals surface area contributed by atoms with Gasteiger partial charge < -0.3 is 11.1 Å². The highest BCUT2D eigenvalue weighted by molar-refractivity contribution is 7.98. The second-order valence-corrected chi connectivity index (χ2v) is 6.21. The molecule has 0 spiro atoms. The number of carbonyl (C=O) groups excluding carboxylic acids is 1. The van der Waals surface area contributed by atoms with Crippen molar-refractivity contribution in [3.8, 4) is 0 Å². The maximum Gasteiger partial charge on any atom is 0.240 e. The van der Waals surface area contributed by atoms with E-state index in [9.17, 15) is 4.79 Å². The second-order valence-electron chi connectivity index (χ2n) is 5.36. The number of thioether (sulfide) groups is 1. The molecule has 0 unspecified atom stereocenters. The van der Waals surface area contributed by atoms with Crippen LogP contribution >= 0.6 is 24.2 Å². The highest BCUT2D eigenvalue weighted by atomic mass is 35.5. The predicted molar refractivity (Wildman–Crippen MR) is 87.4 cm³/mol. The topological polar surface area (TPSA) is 55.1 Å². The Morgan fingerprint density at radius 2 is 2.05 bits per heavy atom. The first-order valence-electron chi connectivity index (χ1n) is 6.76. The number of aryl methyl sites for hydroxylation is 1. The molecule has 1 aromatic rings. The van der Waals surface area contributed by atoms with E-state index in [0.717, 1.165) is 31.2 Å². The van der Waals surface area contributed by atoms with E-state index < -0.39 is 5.54 Å². The molecule has 0 bridgehead atoms. The van der Waals surface area contributed by atoms with E-state index in [1.807, 2.05) is 0 Å². The molecule has 0 atom stereocenters. The fourth-order valence-electron chi connectivity index (χ4n) is 2.58. The first-order chi connectivity index (χ1) is 9.05. The van der Waals surface area contributed by atoms with Gasteiger partial charge in [-0.25, -0.2) is 0 Å². The smallest absolute Gasteiger partial charge is 0.240 e. The van der Waals surface area contributed by atoms with Crippen LogP contribution in [0.2, 0.25) is 0 Å². The third-order valence-electron chi connectivity index (χ3n) is 3.83. The Labute approximate surface area is 131 Å². The summed E-state index contributed by atoms with van der Waals surface area (Å²) in [4.78, 5) is 13.4. The fraction of sp³-hybridized carbons (Fsp3) is 0.533. The minimum Gasteiger partial charge on any atom is -0.350 e. The summed E-state index contributed by atoms with van der Waals surface area (Å²) in [5.41, 5.74) is 7.91. The lowest BCUT2D eigenvalue weighted by molar-refractivity contribution is -0.126. The lowest BCUT2D eigenvalue weighted by atomic mass is 9.98. The Morgan fingerprint density at radius 1 is 1.40 bits per heavy atom. The van der Waals surface area contributed by atoms with Gasteiger partial charge in [-0.2, -0.15) is 0 Å². The van der Waals surface area contributed by atoms with Crippen LogP contribution in [0.5, 0.6) is 0 Å². The third kappa shape index (κ3) is 3.90. The van der Waals surface area contributed by atoms with Crippen molar-refractivity contribution in [3.63, 3.8) is 0 Å². The number of carbonyl (C=O) groups is 1. The van der Waals surface area contributed by atoms with Gasteiger partial charge in [-0.15, -0.1) is 24.2 Å². The van der Waals surface area contributed by atoms with E-state index in [-0.39, 0.29) is 18.3 Å². The van der Waals surface area contributed by atoms with Crippen molar-refractivity contribution in [1.29, 1.82) is 0 Å². The minimum atomic E-state index is -0.635. The SMILES string of the molecule is CSc1cc(C)ccc1CNC(=O)C1(N)CCCC1.Cl. The molecule has 1 aliphatic carbocycles. The zero-order chi connectivity index (χ0) is 13.9. The molecule has 1 aliphatic rings. The predicted octanol–water partition coefficient (Wildman–Crippen LogP) is 3.03. The van der Waals surface area contributed by atoms with Gasteiger partial charge in [-0.05, 0) is 43.2 Å². The summed E-state index contributed by atoms with van der Waals surface area (Å²) in [6, 6.07) is 6.31. The standard InChI is InChI=1S/C15H22N2OS.ClH/c1-11-5-6-12(13(9-11)19-2)10-17-14(18)15(16)7-3-4-8-15;/h5-6,9H,3-4,7-8,10,16H2,1-2H3,(H,17,18);1H. The quantitative estimate of drug-likeness (QED) is 0.840. The molecule has 0 saturated heterocycles. The number of benzene rings is 1. The van der Waals surface area contributed by atoms with Crippen LogP contribution in [0.25, 0.3) is 0 Å². The number of nitrogens with one attached hydrogen (secondary N) is 1. The highest BCUT2D eigenvalue weighted by Crippen LogP contribution is 2.27. The van der Waals surface area contributed by atoms with Crippen molar-refractivity contribution in [2.45, 2.75) is 49.6 Å². The van der Waals surface area contributed by atoms with Crippen LogP contribution in [-0.4, -0.2) is 17.7 Å². The molecule has 0 aliphatic heterocycles. The summed E-state index contributed by atoms with van der Waals surface area (Å²) in [5.74, 6) is -0.00220. The van der Waals surface area contributed by atoms with Crippen LogP contribution in [-0.2, 0) is 11.3 Å². The van der Waals surface area contributed by atoms with Crippen molar-refractivity contribution >= 4 is 30.1 Å². The van der Waals surface area contributed by atoms with E-state index in [4.69, 9.17) is 5.73 Å². The number of amides is 1. The van der Waals surface area contributed by atoms with E-state index in [1.165, 1.54) is 10.5 Å². The monoisotopic (exact) mass is 314 g/mol. The Kier molecular flexibility index (Phi) is 6.37. The molecule has 3 N–H and O–H groups in total. The van der Waals surface area contributed by atoms with Crippen LogP contribution in [0.4, 0.5) is 0 Å². The zero-order valence-corrected chi connectivity index (χ0v) is 13.7. The van der Waals surface area contributed by atoms with Gasteiger partial charge >= 0.3 is 0 Å². The first-order valence-corrected chi connectivity index (χ1v) is 7.98. The van der Waals surface area contributed by atoms with Crippen LogP contribution < -0.4 is 11.1 Å². The molecule has 0 radical (unpaired) electrons. The maximum absolute atomic E-state index is 12.2. The summed E-state index contributed by atoms with van der Waals surface area (Å²) in [5, 5.41) is 3.00. The average molecular weight is 315 g/mol. The van der Waals surface area contributed by atoms with Crippen molar-refractivity contribution in [1.82, 2.24) is 5.32 Å². The molecule has 2 rings (SSSR count). The molecule has 0 aromatic heterocycles. The Hall–Kier alpha value is -0.710. The lowest BCUT2D eigenvalue weighted by Gasteiger charge is -2.22. The summed E-state index contributed by atoms with van der Waals surface area (Å²) >= 11 is 1.71. The molecule has 1 amide bonds. The van der Waals surface area contributed by atoms with Crippen LogP contribution in [0.3, 0.4) is 0 Å². The van der Waals surface area contributed by atoms with Gasteiger partial charge in [0.25, 0.3) is 0 Å². The average Bonchev–Trinajstić information content (AvgIpc) is 2.85. The molecule has 3 nitrogen and oxygen atoms in total. The van der Waals surface area contributed by atoms with Crippen molar-refractivity contribution in [2.75, 3.05) is 6.26 Å². The molecule has 1 fully saturated rings. The third-order valence-corrected chi connectivity index (χ3v) is 4.65. The summed E-state index contributed by atoms with van der Waals surface area (Å²) in [6.45, 7) is 2.64. The molecule has 1 aromatic carbocycles. The van der Waals surface area contributed by atoms with Gasteiger partial charge in [0.2, 0.25) is 5.91 Å². The number of hydrogen-bond donors (Lipinski definition) is 2. The number of halogens is 1. The first kappa shape index (κ1) is 17.3. The molecule has 20 heavy (non-hydrogen) atoms. The Morgan fingerprint density at radius 3 is 2.65 bits per heavy atom. The molecule has 1 saturated carbocycles. The molecular weight excluding hydrogens is 292 g/mol. The minimum absolute atomic E-state index is 0. The van der Waals surface area contributed by atoms with E-state index in [0.29, 0.717) is 6.54 Å². The normalized spacial score (nSPS) is 16.6. The molecule has 112 valence electrons. The highest BCUT2D eigenvalue weighted by Gasteiger charge is 2.36. The van der Waals surface area contributed by atoms with Gasteiger partial charge in [0, 0.05) is 11.4 Å². The largest absolute Gasteiger partial charge is 0.350 e. The van der Waals surface area contributed by atoms with Crippen LogP contribution in [0.1, 0.15) is 36.8 Å². The Bertz CT molecular complexity index is 473. The lowest BCUT2D eigenvalue weighted by Crippen LogP contribution is -2.51. The van der Waals surface area contributed by atoms with Crippen LogP contribution in [0.15, 0.2) is 23.1 Å². The van der Waals surface area contributed by atoms with Gasteiger partial charge in [0.05, 0.1) is 5.54 Å². The summed E-state index contributed by atoms with van der Waals surface area (Å²) in [7, 11) is 0. The van der Waals surface area contributed by atoms with Crippen LogP contribution in [0, 0.1) is 6.92 Å². The van der Waals surface area contributed by atoms with Crippen molar-refractivity contribution < 1.29 is 4.79 Å². The number of rotatable bonds is 4. The molecule has 0 heterocycles. The fourth-order valence-corrected chi connectivity index (χ4v) is 3.29. The number of nitrogens with two attached hydrogens (primary N) is 1. The van der Waals surface area contributed by atoms with Crippen molar-refractivity contribution in [2.24, 2.45) is 5.73 Å². The Balaban J connectivity index is 0.00000200. The van der Waals surface area contributed by atoms with Gasteiger partial charge in [-0.3, -0.25) is 4.79 Å². The van der Waals surface area contributed by atoms with E-state index >= 15 is 0 Å². The van der Waals surface area contributed by atoms with Gasteiger partial charge in [0.1, 0.15) is 0 Å². The van der Waals surface area contributed by atoms with Crippen molar-refractivity contribution in [3.05, 3.63) is 29.3 Å². The summed E-state index contributed by atoms with van der Waals surface area (Å²) < 4.78 is 0. The summed E-state index contributed by atoms with van der Waals surface area (Å²) in [6.07, 6.45) is 5.79.